The van der Waals surface area contributed by atoms with Gasteiger partial charge in [0.15, 0.2) is 17.2 Å². The molecule has 0 aliphatic heterocycles. The summed E-state index contributed by atoms with van der Waals surface area (Å²) < 4.78 is 11.0. The number of ether oxygens (including phenoxy) is 2. The second kappa shape index (κ2) is 8.41. The third-order valence-corrected chi connectivity index (χ3v) is 4.54. The van der Waals surface area contributed by atoms with E-state index in [4.69, 9.17) is 9.47 Å². The van der Waals surface area contributed by atoms with Crippen LogP contribution in [0.25, 0.3) is 10.9 Å². The second-order valence-electron chi connectivity index (χ2n) is 5.18. The van der Waals surface area contributed by atoms with Crippen molar-refractivity contribution in [2.75, 3.05) is 19.5 Å². The van der Waals surface area contributed by atoms with Crippen molar-refractivity contribution in [2.24, 2.45) is 0 Å². The van der Waals surface area contributed by atoms with Crippen molar-refractivity contribution in [1.82, 2.24) is 4.98 Å². The molecule has 0 atom stereocenters. The van der Waals surface area contributed by atoms with Crippen molar-refractivity contribution in [2.45, 2.75) is 0 Å². The Kier molecular flexibility index (Phi) is 6.49. The molecular weight excluding hydrogens is 471 g/mol. The quantitative estimate of drug-likeness (QED) is 0.426. The van der Waals surface area contributed by atoms with E-state index >= 15 is 0 Å². The number of amides is 1. The molecule has 0 saturated heterocycles. The van der Waals surface area contributed by atoms with Crippen LogP contribution in [0.2, 0.25) is 0 Å². The molecule has 0 unspecified atom stereocenters. The third kappa shape index (κ3) is 3.78. The molecule has 136 valence electrons. The minimum absolute atomic E-state index is 0. The summed E-state index contributed by atoms with van der Waals surface area (Å²) in [6.07, 6.45) is 1.60. The van der Waals surface area contributed by atoms with Crippen molar-refractivity contribution in [3.05, 3.63) is 51.7 Å². The monoisotopic (exact) mass is 486 g/mol. The Hall–Kier alpha value is -2.26. The molecule has 26 heavy (non-hydrogen) atoms. The number of nitrogens with one attached hydrogen (secondary N) is 1. The van der Waals surface area contributed by atoms with Crippen LogP contribution in [0.1, 0.15) is 10.4 Å². The summed E-state index contributed by atoms with van der Waals surface area (Å²) in [7, 11) is 3.05. The Balaban J connectivity index is 0.00000243. The van der Waals surface area contributed by atoms with Gasteiger partial charge in [0.05, 0.1) is 23.5 Å². The highest BCUT2D eigenvalue weighted by atomic mass is 127. The van der Waals surface area contributed by atoms with Gasteiger partial charge in [-0.1, -0.05) is 0 Å². The van der Waals surface area contributed by atoms with Crippen molar-refractivity contribution < 1.29 is 19.4 Å². The maximum Gasteiger partial charge on any atom is 0.255 e. The molecule has 0 fully saturated rings. The molecule has 1 amide bonds. The lowest BCUT2D eigenvalue weighted by Gasteiger charge is -2.12. The van der Waals surface area contributed by atoms with Crippen LogP contribution in [0.3, 0.4) is 0 Å². The number of phenolic OH excluding ortho intramolecular Hbond substituents is 1. The van der Waals surface area contributed by atoms with Crippen molar-refractivity contribution in [3.63, 3.8) is 0 Å². The molecule has 0 bridgehead atoms. The highest BCUT2D eigenvalue weighted by Crippen LogP contribution is 2.34. The van der Waals surface area contributed by atoms with Crippen LogP contribution >= 0.6 is 35.0 Å². The summed E-state index contributed by atoms with van der Waals surface area (Å²) in [5.41, 5.74) is 1.44. The highest BCUT2D eigenvalue weighted by Gasteiger charge is 2.15. The number of pyridine rings is 1. The van der Waals surface area contributed by atoms with Gasteiger partial charge < -0.3 is 19.9 Å². The van der Waals surface area contributed by atoms with Gasteiger partial charge in [-0.2, -0.15) is 0 Å². The topological polar surface area (TPSA) is 80.7 Å². The number of methoxy groups -OCH3 is 2. The minimum atomic E-state index is -0.299. The van der Waals surface area contributed by atoms with Gasteiger partial charge in [0, 0.05) is 17.1 Å². The second-order valence-corrected chi connectivity index (χ2v) is 6.34. The largest absolute Gasteiger partial charge is 0.505 e. The highest BCUT2D eigenvalue weighted by molar-refractivity contribution is 14.1. The third-order valence-electron chi connectivity index (χ3n) is 3.71. The average molecular weight is 487 g/mol. The van der Waals surface area contributed by atoms with E-state index in [9.17, 15) is 9.90 Å². The number of carbonyl (C=O) groups excluding carboxylic acids is 1. The Morgan fingerprint density at radius 2 is 1.88 bits per heavy atom. The van der Waals surface area contributed by atoms with Crippen LogP contribution < -0.4 is 14.8 Å². The molecule has 6 nitrogen and oxygen atoms in total. The molecule has 0 radical (unpaired) electrons. The van der Waals surface area contributed by atoms with Gasteiger partial charge in [0.1, 0.15) is 5.52 Å². The van der Waals surface area contributed by atoms with E-state index < -0.39 is 0 Å². The number of hydrogen-bond acceptors (Lipinski definition) is 5. The van der Waals surface area contributed by atoms with Gasteiger partial charge in [-0.3, -0.25) is 9.78 Å². The summed E-state index contributed by atoms with van der Waals surface area (Å²) >= 11 is 2.00. The number of fused-ring (bicyclic) bond motifs is 1. The molecule has 0 spiro atoms. The molecule has 8 heteroatoms. The predicted molar refractivity (Wildman–Crippen MR) is 111 cm³/mol. The Morgan fingerprint density at radius 1 is 1.15 bits per heavy atom. The van der Waals surface area contributed by atoms with Crippen LogP contribution in [-0.2, 0) is 0 Å². The summed E-state index contributed by atoms with van der Waals surface area (Å²) in [4.78, 5) is 16.8. The Bertz CT molecular complexity index is 965. The first-order valence-electron chi connectivity index (χ1n) is 7.34. The minimum Gasteiger partial charge on any atom is -0.505 e. The van der Waals surface area contributed by atoms with Gasteiger partial charge in [0.25, 0.3) is 5.91 Å². The molecular formula is C18H16ClIN2O4. The fourth-order valence-electron chi connectivity index (χ4n) is 2.47. The van der Waals surface area contributed by atoms with Gasteiger partial charge in [0.2, 0.25) is 0 Å². The van der Waals surface area contributed by atoms with Gasteiger partial charge in [-0.15, -0.1) is 12.4 Å². The predicted octanol–water partition coefficient (Wildman–Crippen LogP) is 4.24. The molecule has 3 aromatic rings. The number of halogens is 2. The van der Waals surface area contributed by atoms with Gasteiger partial charge in [-0.05, 0) is 59.0 Å². The molecule has 0 saturated carbocycles. The molecule has 2 aromatic carbocycles. The number of hydrogen-bond donors (Lipinski definition) is 2. The molecule has 1 aromatic heterocycles. The average Bonchev–Trinajstić information content (AvgIpc) is 2.65. The van der Waals surface area contributed by atoms with E-state index in [0.29, 0.717) is 37.2 Å². The number of rotatable bonds is 4. The van der Waals surface area contributed by atoms with E-state index in [-0.39, 0.29) is 24.1 Å². The number of aromatic hydroxyl groups is 1. The zero-order valence-electron chi connectivity index (χ0n) is 13.9. The smallest absolute Gasteiger partial charge is 0.255 e. The number of anilines is 1. The number of phenols is 1. The molecule has 0 aliphatic rings. The van der Waals surface area contributed by atoms with E-state index in [1.165, 1.54) is 14.2 Å². The Morgan fingerprint density at radius 3 is 2.58 bits per heavy atom. The normalized spacial score (nSPS) is 10.1. The van der Waals surface area contributed by atoms with Crippen LogP contribution in [0, 0.1) is 3.57 Å². The Labute approximate surface area is 170 Å². The number of nitrogens with zero attached hydrogens (tertiary/aromatic N) is 1. The van der Waals surface area contributed by atoms with Crippen molar-refractivity contribution >= 4 is 57.5 Å². The standard InChI is InChI=1S/C18H15IN2O4.ClH/c1-24-14-6-5-10(8-15(14)25-2)18(23)21-13-9-12(19)17(22)16-11(13)4-3-7-20-16;/h3-9,22H,1-2H3,(H,21,23);1H. The fourth-order valence-corrected chi connectivity index (χ4v) is 3.04. The first-order chi connectivity index (χ1) is 12.0. The lowest BCUT2D eigenvalue weighted by molar-refractivity contribution is 0.102. The van der Waals surface area contributed by atoms with E-state index in [0.717, 1.165) is 0 Å². The van der Waals surface area contributed by atoms with E-state index in [2.05, 4.69) is 10.3 Å². The molecule has 3 rings (SSSR count). The number of aromatic nitrogens is 1. The van der Waals surface area contributed by atoms with Crippen LogP contribution in [0.4, 0.5) is 5.69 Å². The number of benzene rings is 2. The first kappa shape index (κ1) is 20.1. The van der Waals surface area contributed by atoms with Gasteiger partial charge >= 0.3 is 0 Å². The van der Waals surface area contributed by atoms with E-state index in [1.807, 2.05) is 22.6 Å². The molecule has 1 heterocycles. The summed E-state index contributed by atoms with van der Waals surface area (Å²) in [5.74, 6) is 0.822. The van der Waals surface area contributed by atoms with Crippen molar-refractivity contribution in [1.29, 1.82) is 0 Å². The van der Waals surface area contributed by atoms with Crippen LogP contribution in [0.5, 0.6) is 17.2 Å². The lowest BCUT2D eigenvalue weighted by atomic mass is 10.1. The SMILES string of the molecule is COc1ccc(C(=O)Nc2cc(I)c(O)c3ncccc23)cc1OC.Cl. The van der Waals surface area contributed by atoms with Crippen molar-refractivity contribution in [3.8, 4) is 17.2 Å². The number of carbonyl (C=O) groups is 1. The zero-order valence-corrected chi connectivity index (χ0v) is 16.9. The zero-order chi connectivity index (χ0) is 18.0. The van der Waals surface area contributed by atoms with E-state index in [1.54, 1.807) is 42.6 Å². The van der Waals surface area contributed by atoms with Crippen LogP contribution in [0.15, 0.2) is 42.6 Å². The lowest BCUT2D eigenvalue weighted by Crippen LogP contribution is -2.12. The maximum atomic E-state index is 12.6. The maximum absolute atomic E-state index is 12.6. The summed E-state index contributed by atoms with van der Waals surface area (Å²) in [6.45, 7) is 0. The summed E-state index contributed by atoms with van der Waals surface area (Å²) in [6, 6.07) is 10.2. The fraction of sp³-hybridized carbons (Fsp3) is 0.111. The first-order valence-corrected chi connectivity index (χ1v) is 8.42. The molecule has 2 N–H and O–H groups in total. The molecule has 0 aliphatic carbocycles. The van der Waals surface area contributed by atoms with Gasteiger partial charge in [-0.25, -0.2) is 0 Å². The van der Waals surface area contributed by atoms with Crippen LogP contribution in [-0.4, -0.2) is 30.2 Å². The summed E-state index contributed by atoms with van der Waals surface area (Å²) in [5, 5.41) is 13.7.